The molecule has 27 heavy (non-hydrogen) atoms. The smallest absolute Gasteiger partial charge is 0.323 e. The van der Waals surface area contributed by atoms with E-state index < -0.39 is 43.2 Å². The molecule has 0 rings (SSSR count). The summed E-state index contributed by atoms with van der Waals surface area (Å²) in [5.41, 5.74) is -1.29. The Bertz CT molecular complexity index is 514. The molecule has 0 aliphatic heterocycles. The fourth-order valence-electron chi connectivity index (χ4n) is 1.93. The lowest BCUT2D eigenvalue weighted by Gasteiger charge is -2.24. The molecule has 0 heterocycles. The van der Waals surface area contributed by atoms with Gasteiger partial charge in [0.1, 0.15) is 17.2 Å². The quantitative estimate of drug-likeness (QED) is 0.359. The molecule has 0 spiro atoms. The van der Waals surface area contributed by atoms with Crippen molar-refractivity contribution in [2.75, 3.05) is 13.2 Å². The minimum Gasteiger partial charge on any atom is -0.465 e. The van der Waals surface area contributed by atoms with Crippen LogP contribution in [0.2, 0.25) is 25.7 Å². The summed E-state index contributed by atoms with van der Waals surface area (Å²) in [4.78, 5) is 36.4. The lowest BCUT2D eigenvalue weighted by molar-refractivity contribution is -0.161. The SMILES string of the molecule is CC(C)(C)OC(=O)CNC(CC(=O)OC(C)(C)C)C(=O)OCC[Si](C)(C)C. The summed E-state index contributed by atoms with van der Waals surface area (Å²) in [6.07, 6.45) is -0.216. The second-order valence-electron chi connectivity index (χ2n) is 9.79. The molecule has 0 bridgehead atoms. The van der Waals surface area contributed by atoms with E-state index in [1.807, 2.05) is 0 Å². The molecule has 0 amide bonds. The number of carbonyl (C=O) groups is 3. The predicted octanol–water partition coefficient (Wildman–Crippen LogP) is 2.90. The van der Waals surface area contributed by atoms with Gasteiger partial charge in [0.15, 0.2) is 0 Å². The molecule has 0 aromatic carbocycles. The van der Waals surface area contributed by atoms with Gasteiger partial charge >= 0.3 is 17.9 Å². The monoisotopic (exact) mass is 403 g/mol. The molecule has 0 saturated carbocycles. The molecular weight excluding hydrogens is 366 g/mol. The average Bonchev–Trinajstić information content (AvgIpc) is 2.37. The highest BCUT2D eigenvalue weighted by molar-refractivity contribution is 6.76. The van der Waals surface area contributed by atoms with Gasteiger partial charge in [-0.25, -0.2) is 0 Å². The fraction of sp³-hybridized carbons (Fsp3) is 0.842. The van der Waals surface area contributed by atoms with Gasteiger partial charge in [-0.05, 0) is 47.6 Å². The third kappa shape index (κ3) is 15.3. The van der Waals surface area contributed by atoms with Crippen molar-refractivity contribution in [2.45, 2.75) is 90.9 Å². The lowest BCUT2D eigenvalue weighted by atomic mass is 10.1. The maximum Gasteiger partial charge on any atom is 0.323 e. The van der Waals surface area contributed by atoms with Gasteiger partial charge in [-0.15, -0.1) is 0 Å². The van der Waals surface area contributed by atoms with Crippen molar-refractivity contribution in [1.29, 1.82) is 0 Å². The van der Waals surface area contributed by atoms with E-state index in [1.54, 1.807) is 41.5 Å². The summed E-state index contributed by atoms with van der Waals surface area (Å²) in [7, 11) is -1.35. The first-order chi connectivity index (χ1) is 12.0. The molecule has 1 unspecified atom stereocenters. The van der Waals surface area contributed by atoms with E-state index in [1.165, 1.54) is 0 Å². The van der Waals surface area contributed by atoms with E-state index in [0.717, 1.165) is 6.04 Å². The van der Waals surface area contributed by atoms with Gasteiger partial charge in [0.25, 0.3) is 0 Å². The normalized spacial score (nSPS) is 13.7. The standard InChI is InChI=1S/C19H37NO6Si/c1-18(2,3)25-15(21)12-14(17(23)24-10-11-27(7,8)9)20-13-16(22)26-19(4,5)6/h14,20H,10-13H2,1-9H3. The van der Waals surface area contributed by atoms with Crippen LogP contribution in [0.1, 0.15) is 48.0 Å². The largest absolute Gasteiger partial charge is 0.465 e. The average molecular weight is 404 g/mol. The summed E-state index contributed by atoms with van der Waals surface area (Å²) in [5, 5.41) is 2.77. The first-order valence-corrected chi connectivity index (χ1v) is 13.0. The molecule has 0 aliphatic carbocycles. The summed E-state index contributed by atoms with van der Waals surface area (Å²) in [6.45, 7) is 17.2. The molecule has 0 fully saturated rings. The summed E-state index contributed by atoms with van der Waals surface area (Å²) in [5.74, 6) is -1.61. The Kier molecular flexibility index (Phi) is 9.68. The molecule has 7 nitrogen and oxygen atoms in total. The number of rotatable bonds is 9. The lowest BCUT2D eigenvalue weighted by Crippen LogP contribution is -2.44. The fourth-order valence-corrected chi connectivity index (χ4v) is 2.65. The zero-order valence-corrected chi connectivity index (χ0v) is 19.4. The van der Waals surface area contributed by atoms with Crippen LogP contribution < -0.4 is 5.32 Å². The minimum atomic E-state index is -1.35. The molecule has 158 valence electrons. The zero-order chi connectivity index (χ0) is 21.5. The summed E-state index contributed by atoms with van der Waals surface area (Å²) in [6, 6.07) is -0.141. The van der Waals surface area contributed by atoms with E-state index >= 15 is 0 Å². The summed E-state index contributed by atoms with van der Waals surface area (Å²) >= 11 is 0. The van der Waals surface area contributed by atoms with Crippen molar-refractivity contribution in [1.82, 2.24) is 5.32 Å². The van der Waals surface area contributed by atoms with Crippen LogP contribution in [-0.2, 0) is 28.6 Å². The molecule has 0 aromatic rings. The van der Waals surface area contributed by atoms with E-state index in [0.29, 0.717) is 6.61 Å². The van der Waals surface area contributed by atoms with Crippen LogP contribution in [0.5, 0.6) is 0 Å². The van der Waals surface area contributed by atoms with Crippen molar-refractivity contribution in [2.24, 2.45) is 0 Å². The number of hydrogen-bond donors (Lipinski definition) is 1. The van der Waals surface area contributed by atoms with Crippen LogP contribution >= 0.6 is 0 Å². The van der Waals surface area contributed by atoms with Gasteiger partial charge < -0.3 is 14.2 Å². The van der Waals surface area contributed by atoms with E-state index in [-0.39, 0.29) is 13.0 Å². The van der Waals surface area contributed by atoms with Crippen molar-refractivity contribution in [3.63, 3.8) is 0 Å². The van der Waals surface area contributed by atoms with Gasteiger partial charge in [0.2, 0.25) is 0 Å². The Morgan fingerprint density at radius 2 is 1.37 bits per heavy atom. The van der Waals surface area contributed by atoms with Crippen molar-refractivity contribution >= 4 is 26.0 Å². The Hall–Kier alpha value is -1.41. The molecule has 1 atom stereocenters. The first kappa shape index (κ1) is 25.6. The maximum atomic E-state index is 12.4. The predicted molar refractivity (Wildman–Crippen MR) is 107 cm³/mol. The number of hydrogen-bond acceptors (Lipinski definition) is 7. The summed E-state index contributed by atoms with van der Waals surface area (Å²) < 4.78 is 15.8. The van der Waals surface area contributed by atoms with Crippen LogP contribution in [0, 0.1) is 0 Å². The zero-order valence-electron chi connectivity index (χ0n) is 18.4. The highest BCUT2D eigenvalue weighted by Crippen LogP contribution is 2.12. The Morgan fingerprint density at radius 3 is 1.81 bits per heavy atom. The van der Waals surface area contributed by atoms with Crippen LogP contribution in [-0.4, -0.2) is 56.4 Å². The molecule has 0 aromatic heterocycles. The molecular formula is C19H37NO6Si. The van der Waals surface area contributed by atoms with Gasteiger partial charge in [-0.1, -0.05) is 19.6 Å². The molecule has 8 heteroatoms. The molecule has 0 radical (unpaired) electrons. The van der Waals surface area contributed by atoms with Gasteiger partial charge in [0.05, 0.1) is 19.6 Å². The van der Waals surface area contributed by atoms with Crippen molar-refractivity contribution in [3.8, 4) is 0 Å². The number of ether oxygens (including phenoxy) is 3. The van der Waals surface area contributed by atoms with Gasteiger partial charge in [0, 0.05) is 8.07 Å². The van der Waals surface area contributed by atoms with E-state index in [9.17, 15) is 14.4 Å². The maximum absolute atomic E-state index is 12.4. The highest BCUT2D eigenvalue weighted by Gasteiger charge is 2.28. The van der Waals surface area contributed by atoms with Gasteiger partial charge in [-0.3, -0.25) is 19.7 Å². The van der Waals surface area contributed by atoms with Crippen molar-refractivity contribution < 1.29 is 28.6 Å². The van der Waals surface area contributed by atoms with E-state index in [4.69, 9.17) is 14.2 Å². The Morgan fingerprint density at radius 1 is 0.889 bits per heavy atom. The molecule has 0 aliphatic rings. The Balaban J connectivity index is 4.85. The number of carbonyl (C=O) groups excluding carboxylic acids is 3. The third-order valence-electron chi connectivity index (χ3n) is 3.08. The second-order valence-corrected chi connectivity index (χ2v) is 15.4. The van der Waals surface area contributed by atoms with Crippen molar-refractivity contribution in [3.05, 3.63) is 0 Å². The molecule has 0 saturated heterocycles. The van der Waals surface area contributed by atoms with Crippen LogP contribution in [0.15, 0.2) is 0 Å². The van der Waals surface area contributed by atoms with Crippen LogP contribution in [0.25, 0.3) is 0 Å². The minimum absolute atomic E-state index is 0.201. The first-order valence-electron chi connectivity index (χ1n) is 9.32. The second kappa shape index (κ2) is 10.2. The van der Waals surface area contributed by atoms with Crippen LogP contribution in [0.4, 0.5) is 0 Å². The Labute approximate surface area is 164 Å². The topological polar surface area (TPSA) is 90.9 Å². The van der Waals surface area contributed by atoms with Crippen LogP contribution in [0.3, 0.4) is 0 Å². The highest BCUT2D eigenvalue weighted by atomic mass is 28.3. The third-order valence-corrected chi connectivity index (χ3v) is 4.79. The van der Waals surface area contributed by atoms with E-state index in [2.05, 4.69) is 25.0 Å². The molecule has 1 N–H and O–H groups in total. The number of esters is 3. The van der Waals surface area contributed by atoms with Gasteiger partial charge in [-0.2, -0.15) is 0 Å². The number of nitrogens with one attached hydrogen (secondary N) is 1.